The Labute approximate surface area is 234 Å². The van der Waals surface area contributed by atoms with Gasteiger partial charge < -0.3 is 15.1 Å². The second-order valence-electron chi connectivity index (χ2n) is 11.4. The fourth-order valence-corrected chi connectivity index (χ4v) is 5.90. The number of hydrazine groups is 1. The van der Waals surface area contributed by atoms with Crippen molar-refractivity contribution < 1.29 is 27.6 Å². The molecule has 4 amide bonds. The maximum absolute atomic E-state index is 13.7. The van der Waals surface area contributed by atoms with E-state index in [1.165, 1.54) is 14.8 Å². The van der Waals surface area contributed by atoms with E-state index in [0.29, 0.717) is 30.9 Å². The molecule has 2 aliphatic carbocycles. The molecule has 0 aromatic carbocycles. The summed E-state index contributed by atoms with van der Waals surface area (Å²) < 4.78 is 40.6. The van der Waals surface area contributed by atoms with E-state index in [4.69, 9.17) is 0 Å². The van der Waals surface area contributed by atoms with E-state index < -0.39 is 30.0 Å². The maximum atomic E-state index is 13.7. The lowest BCUT2D eigenvalue weighted by atomic mass is 9.90. The van der Waals surface area contributed by atoms with Crippen molar-refractivity contribution in [3.63, 3.8) is 0 Å². The Bertz CT molecular complexity index is 1130. The maximum Gasteiger partial charge on any atom is 0.412 e. The normalized spacial score (nSPS) is 27.8. The van der Waals surface area contributed by atoms with Gasteiger partial charge in [-0.05, 0) is 48.3 Å². The van der Waals surface area contributed by atoms with E-state index in [2.05, 4.69) is 24.4 Å². The first kappa shape index (κ1) is 29.9. The number of piperazine rings is 1. The number of carbonyl (C=O) groups excluding carboxylic acids is 3. The summed E-state index contributed by atoms with van der Waals surface area (Å²) in [5, 5.41) is 5.98. The van der Waals surface area contributed by atoms with Gasteiger partial charge in [0.05, 0.1) is 13.1 Å². The average molecular weight is 564 g/mol. The van der Waals surface area contributed by atoms with Crippen LogP contribution in [0.2, 0.25) is 0 Å². The van der Waals surface area contributed by atoms with Gasteiger partial charge in [0.25, 0.3) is 0 Å². The topological polar surface area (TPSA) is 76.2 Å². The molecule has 11 heteroatoms. The number of rotatable bonds is 7. The van der Waals surface area contributed by atoms with Crippen LogP contribution in [0.25, 0.3) is 0 Å². The molecule has 4 atom stereocenters. The third-order valence-electron chi connectivity index (χ3n) is 7.95. The first-order valence-corrected chi connectivity index (χ1v) is 14.1. The number of likely N-dealkylation sites (N-methyl/N-ethyl adjacent to an activating group) is 1. The summed E-state index contributed by atoms with van der Waals surface area (Å²) in [6.45, 7) is 6.09. The summed E-state index contributed by atoms with van der Waals surface area (Å²) in [5.41, 5.74) is 0.796. The predicted molar refractivity (Wildman–Crippen MR) is 145 cm³/mol. The fraction of sp³-hybridized carbons (Fsp3) is 0.621. The van der Waals surface area contributed by atoms with Crippen LogP contribution in [0.3, 0.4) is 0 Å². The summed E-state index contributed by atoms with van der Waals surface area (Å²) in [6.07, 6.45) is 6.59. The van der Waals surface area contributed by atoms with Gasteiger partial charge in [0.1, 0.15) is 12.2 Å². The molecule has 0 radical (unpaired) electrons. The summed E-state index contributed by atoms with van der Waals surface area (Å²) in [5.74, 6) is -0.417. The molecule has 0 bridgehead atoms. The molecular weight excluding hydrogens is 523 g/mol. The molecule has 2 fully saturated rings. The molecule has 4 rings (SSSR count). The van der Waals surface area contributed by atoms with Crippen molar-refractivity contribution in [3.8, 4) is 0 Å². The molecule has 2 heterocycles. The van der Waals surface area contributed by atoms with E-state index in [-0.39, 0.29) is 43.8 Å². The van der Waals surface area contributed by atoms with Crippen molar-refractivity contribution in [1.29, 1.82) is 0 Å². The lowest BCUT2D eigenvalue weighted by Gasteiger charge is -2.54. The third-order valence-corrected chi connectivity index (χ3v) is 7.95. The summed E-state index contributed by atoms with van der Waals surface area (Å²) in [4.78, 5) is 43.5. The minimum atomic E-state index is -4.44. The van der Waals surface area contributed by atoms with Gasteiger partial charge in [-0.2, -0.15) is 13.2 Å². The molecule has 0 saturated carbocycles. The molecule has 4 aliphatic rings. The number of halogens is 3. The van der Waals surface area contributed by atoms with Gasteiger partial charge in [0.2, 0.25) is 11.8 Å². The summed E-state index contributed by atoms with van der Waals surface area (Å²) in [7, 11) is 1.65. The number of hydrogen-bond donors (Lipinski definition) is 1. The zero-order valence-electron chi connectivity index (χ0n) is 23.7. The molecule has 1 N–H and O–H groups in total. The smallest absolute Gasteiger partial charge is 0.333 e. The Morgan fingerprint density at radius 1 is 1.15 bits per heavy atom. The van der Waals surface area contributed by atoms with Crippen molar-refractivity contribution in [2.24, 2.45) is 11.8 Å². The van der Waals surface area contributed by atoms with Crippen LogP contribution in [0, 0.1) is 11.8 Å². The number of alkyl halides is 3. The lowest BCUT2D eigenvalue weighted by Crippen LogP contribution is -2.76. The van der Waals surface area contributed by atoms with E-state index in [1.54, 1.807) is 25.1 Å². The second-order valence-corrected chi connectivity index (χ2v) is 11.4. The number of allylic oxidation sites excluding steroid dienone is 4. The summed E-state index contributed by atoms with van der Waals surface area (Å²) in [6, 6.07) is -1.18. The van der Waals surface area contributed by atoms with Crippen molar-refractivity contribution >= 4 is 17.8 Å². The van der Waals surface area contributed by atoms with E-state index in [9.17, 15) is 27.6 Å². The van der Waals surface area contributed by atoms with E-state index in [1.807, 2.05) is 13.0 Å². The summed E-state index contributed by atoms with van der Waals surface area (Å²) >= 11 is 0. The van der Waals surface area contributed by atoms with Crippen LogP contribution in [-0.4, -0.2) is 89.3 Å². The molecule has 0 spiro atoms. The number of amides is 4. The van der Waals surface area contributed by atoms with Gasteiger partial charge in [0.15, 0.2) is 0 Å². The van der Waals surface area contributed by atoms with Crippen LogP contribution in [0.4, 0.5) is 18.0 Å². The molecular formula is C29H40F3N5O3. The minimum Gasteiger partial charge on any atom is -0.333 e. The van der Waals surface area contributed by atoms with Gasteiger partial charge in [-0.15, -0.1) is 0 Å². The molecule has 2 aliphatic heterocycles. The number of unbranched alkanes of at least 4 members (excludes halogenated alkanes) is 1. The Kier molecular flexibility index (Phi) is 9.12. The largest absolute Gasteiger partial charge is 0.412 e. The number of fused-ring (bicyclic) bond motifs is 1. The highest BCUT2D eigenvalue weighted by molar-refractivity contribution is 5.91. The SMILES string of the molecule is CCCC[C@H]1C(=O)N(CC2=CC(C)CC(C(F)(F)F)=C2)C[C@H]2N1C(=O)CN(C)N2C(=O)NCC1=CCC(C)C=C1. The highest BCUT2D eigenvalue weighted by Crippen LogP contribution is 2.36. The van der Waals surface area contributed by atoms with Crippen LogP contribution in [-0.2, 0) is 9.59 Å². The standard InChI is InChI=1S/C29H40F3N5O3/c1-5-6-7-24-27(39)35(16-22-12-20(3)13-23(14-22)29(30,31)32)17-25-36(24)26(38)18-34(4)37(25)28(40)33-15-21-10-8-19(2)9-11-21/h8,10-12,14,19-20,24-25H,5-7,9,13,15-18H2,1-4H3,(H,33,40)/t19?,20?,24-,25-/m0/s1. The van der Waals surface area contributed by atoms with Crippen LogP contribution in [0.1, 0.15) is 52.9 Å². The van der Waals surface area contributed by atoms with E-state index >= 15 is 0 Å². The number of hydrogen-bond acceptors (Lipinski definition) is 4. The second kappa shape index (κ2) is 12.2. The predicted octanol–water partition coefficient (Wildman–Crippen LogP) is 4.39. The number of carbonyl (C=O) groups is 3. The monoisotopic (exact) mass is 563 g/mol. The highest BCUT2D eigenvalue weighted by atomic mass is 19.4. The molecule has 8 nitrogen and oxygen atoms in total. The molecule has 0 aromatic heterocycles. The lowest BCUT2D eigenvalue weighted by molar-refractivity contribution is -0.187. The van der Waals surface area contributed by atoms with Crippen LogP contribution in [0.15, 0.2) is 47.1 Å². The average Bonchev–Trinajstić information content (AvgIpc) is 2.87. The Morgan fingerprint density at radius 2 is 1.90 bits per heavy atom. The zero-order valence-corrected chi connectivity index (χ0v) is 23.7. The van der Waals surface area contributed by atoms with Gasteiger partial charge in [-0.3, -0.25) is 9.59 Å². The third kappa shape index (κ3) is 6.62. The zero-order chi connectivity index (χ0) is 29.2. The molecule has 0 aromatic rings. The van der Waals surface area contributed by atoms with Crippen LogP contribution >= 0.6 is 0 Å². The van der Waals surface area contributed by atoms with Gasteiger partial charge >= 0.3 is 12.2 Å². The first-order valence-electron chi connectivity index (χ1n) is 14.1. The van der Waals surface area contributed by atoms with Gasteiger partial charge in [-0.25, -0.2) is 14.8 Å². The van der Waals surface area contributed by atoms with Crippen molar-refractivity contribution in [2.75, 3.05) is 33.2 Å². The molecule has 2 saturated heterocycles. The number of nitrogens with one attached hydrogen (secondary N) is 1. The number of nitrogens with zero attached hydrogens (tertiary/aromatic N) is 4. The van der Waals surface area contributed by atoms with Crippen molar-refractivity contribution in [3.05, 3.63) is 47.1 Å². The van der Waals surface area contributed by atoms with Crippen molar-refractivity contribution in [1.82, 2.24) is 25.1 Å². The molecule has 2 unspecified atom stereocenters. The van der Waals surface area contributed by atoms with Crippen LogP contribution in [0.5, 0.6) is 0 Å². The van der Waals surface area contributed by atoms with Crippen LogP contribution < -0.4 is 5.32 Å². The highest BCUT2D eigenvalue weighted by Gasteiger charge is 2.50. The fourth-order valence-electron chi connectivity index (χ4n) is 5.90. The van der Waals surface area contributed by atoms with Gasteiger partial charge in [-0.1, -0.05) is 57.9 Å². The first-order chi connectivity index (χ1) is 18.9. The quantitative estimate of drug-likeness (QED) is 0.499. The van der Waals surface area contributed by atoms with Gasteiger partial charge in [0, 0.05) is 25.7 Å². The van der Waals surface area contributed by atoms with Crippen molar-refractivity contribution in [2.45, 2.75) is 71.3 Å². The van der Waals surface area contributed by atoms with E-state index in [0.717, 1.165) is 24.5 Å². The Balaban J connectivity index is 1.59. The molecule has 220 valence electrons. The Hall–Kier alpha value is -3.08. The molecule has 40 heavy (non-hydrogen) atoms. The minimum absolute atomic E-state index is 0.00594. The Morgan fingerprint density at radius 3 is 2.55 bits per heavy atom. The number of urea groups is 1.